The van der Waals surface area contributed by atoms with Crippen LogP contribution in [0, 0.1) is 0 Å². The molecule has 2 bridgehead atoms. The summed E-state index contributed by atoms with van der Waals surface area (Å²) in [4.78, 5) is 31.3. The van der Waals surface area contributed by atoms with Crippen molar-refractivity contribution < 1.29 is 31.7 Å². The number of nitrogens with one attached hydrogen (secondary N) is 2. The number of hydroxylamine groups is 3. The van der Waals surface area contributed by atoms with Gasteiger partial charge in [0.25, 0.3) is 5.91 Å². The van der Waals surface area contributed by atoms with Gasteiger partial charge >= 0.3 is 16.4 Å². The number of piperidine rings is 1. The van der Waals surface area contributed by atoms with Gasteiger partial charge < -0.3 is 10.2 Å². The highest BCUT2D eigenvalue weighted by Gasteiger charge is 2.49. The number of carbonyl (C=O) groups excluding carboxylic acids is 2. The van der Waals surface area contributed by atoms with Crippen LogP contribution in [0.15, 0.2) is 6.33 Å². The van der Waals surface area contributed by atoms with E-state index in [1.165, 1.54) is 11.2 Å². The van der Waals surface area contributed by atoms with Gasteiger partial charge in [-0.25, -0.2) is 15.0 Å². The molecule has 4 heterocycles. The van der Waals surface area contributed by atoms with Gasteiger partial charge in [-0.3, -0.25) is 14.2 Å². The lowest BCUT2D eigenvalue weighted by Crippen LogP contribution is -2.50. The van der Waals surface area contributed by atoms with Crippen LogP contribution in [0.25, 0.3) is 0 Å². The van der Waals surface area contributed by atoms with Gasteiger partial charge in [-0.05, 0) is 29.7 Å². The Bertz CT molecular complexity index is 865. The third-order valence-corrected chi connectivity index (χ3v) is 5.54. The number of fused-ring (bicyclic) bond motifs is 2. The minimum absolute atomic E-state index is 0.00712. The van der Waals surface area contributed by atoms with E-state index in [-0.39, 0.29) is 25.2 Å². The molecule has 160 valence electrons. The second-order valence-corrected chi connectivity index (χ2v) is 8.08. The topological polar surface area (TPSA) is 181 Å². The number of rotatable bonds is 7. The first-order chi connectivity index (χ1) is 13.8. The van der Waals surface area contributed by atoms with Gasteiger partial charge in [-0.2, -0.15) is 13.5 Å². The fraction of sp³-hybridized carbons (Fsp3) is 0.769. The number of amides is 3. The normalized spacial score (nSPS) is 29.5. The fourth-order valence-corrected chi connectivity index (χ4v) is 4.24. The zero-order valence-electron chi connectivity index (χ0n) is 15.1. The van der Waals surface area contributed by atoms with Gasteiger partial charge in [-0.1, -0.05) is 0 Å². The van der Waals surface area contributed by atoms with Crippen molar-refractivity contribution in [2.45, 2.75) is 43.4 Å². The molecule has 3 aliphatic heterocycles. The highest BCUT2D eigenvalue weighted by atomic mass is 32.3. The van der Waals surface area contributed by atoms with Crippen molar-refractivity contribution in [1.29, 1.82) is 0 Å². The molecule has 3 amide bonds. The van der Waals surface area contributed by atoms with E-state index in [1.807, 2.05) is 0 Å². The molecule has 4 atom stereocenters. The van der Waals surface area contributed by atoms with Crippen molar-refractivity contribution in [3.63, 3.8) is 0 Å². The van der Waals surface area contributed by atoms with Crippen molar-refractivity contribution in [3.05, 3.63) is 6.33 Å². The molecule has 0 aromatic carbocycles. The Morgan fingerprint density at radius 3 is 2.93 bits per heavy atom. The summed E-state index contributed by atoms with van der Waals surface area (Å²) in [5.74, 6) is -0.513. The largest absolute Gasteiger partial charge is 0.418 e. The molecule has 3 N–H and O–H groups in total. The first-order valence-electron chi connectivity index (χ1n) is 8.96. The summed E-state index contributed by atoms with van der Waals surface area (Å²) in [7, 11) is -4.83. The zero-order chi connectivity index (χ0) is 20.6. The molecule has 15 nitrogen and oxygen atoms in total. The van der Waals surface area contributed by atoms with Crippen LogP contribution >= 0.6 is 0 Å². The molecule has 3 fully saturated rings. The SMILES string of the molecule is O=C(NOC[C@H]1C[C@H](n2cnnn2)CN1)C1CCC2CN1C(=O)N2OS(=O)(=O)O. The van der Waals surface area contributed by atoms with E-state index in [2.05, 4.69) is 30.6 Å². The Kier molecular flexibility index (Phi) is 5.34. The van der Waals surface area contributed by atoms with Gasteiger partial charge in [0.15, 0.2) is 0 Å². The number of nitrogens with zero attached hydrogens (tertiary/aromatic N) is 6. The molecule has 0 radical (unpaired) electrons. The molecule has 4 rings (SSSR count). The van der Waals surface area contributed by atoms with Crippen LogP contribution in [0.1, 0.15) is 25.3 Å². The van der Waals surface area contributed by atoms with E-state index in [1.54, 1.807) is 4.68 Å². The Morgan fingerprint density at radius 2 is 2.21 bits per heavy atom. The number of tetrazole rings is 1. The summed E-state index contributed by atoms with van der Waals surface area (Å²) in [6.45, 7) is 0.999. The molecule has 3 aliphatic rings. The molecule has 0 saturated carbocycles. The minimum atomic E-state index is -4.83. The summed E-state index contributed by atoms with van der Waals surface area (Å²) in [6, 6.07) is -2.08. The fourth-order valence-electron chi connectivity index (χ4n) is 3.85. The number of carbonyl (C=O) groups is 2. The number of urea groups is 1. The molecular weight excluding hydrogens is 412 g/mol. The smallest absolute Gasteiger partial charge is 0.309 e. The Morgan fingerprint density at radius 1 is 1.38 bits per heavy atom. The lowest BCUT2D eigenvalue weighted by Gasteiger charge is -2.29. The van der Waals surface area contributed by atoms with Gasteiger partial charge in [0, 0.05) is 19.1 Å². The van der Waals surface area contributed by atoms with Crippen molar-refractivity contribution in [2.24, 2.45) is 0 Å². The Balaban J connectivity index is 1.25. The lowest BCUT2D eigenvalue weighted by molar-refractivity contribution is -0.139. The predicted octanol–water partition coefficient (Wildman–Crippen LogP) is -2.37. The average Bonchev–Trinajstić information content (AvgIpc) is 3.39. The van der Waals surface area contributed by atoms with Crippen molar-refractivity contribution in [2.75, 3.05) is 19.7 Å². The second kappa shape index (κ2) is 7.79. The molecule has 1 aromatic heterocycles. The van der Waals surface area contributed by atoms with Crippen LogP contribution in [0.4, 0.5) is 4.79 Å². The molecule has 0 spiro atoms. The Labute approximate surface area is 165 Å². The van der Waals surface area contributed by atoms with Crippen LogP contribution in [0.2, 0.25) is 0 Å². The highest BCUT2D eigenvalue weighted by molar-refractivity contribution is 7.80. The predicted molar refractivity (Wildman–Crippen MR) is 90.7 cm³/mol. The number of aromatic nitrogens is 4. The summed E-state index contributed by atoms with van der Waals surface area (Å²) < 4.78 is 36.6. The molecular formula is C13H20N8O7S. The molecule has 1 aromatic rings. The second-order valence-electron chi connectivity index (χ2n) is 7.07. The Hall–Kier alpha value is -2.40. The van der Waals surface area contributed by atoms with Crippen LogP contribution in [0.3, 0.4) is 0 Å². The van der Waals surface area contributed by atoms with Crippen LogP contribution in [-0.4, -0.2) is 92.9 Å². The average molecular weight is 432 g/mol. The molecule has 0 aliphatic carbocycles. The molecule has 3 saturated heterocycles. The first kappa shape index (κ1) is 19.9. The van der Waals surface area contributed by atoms with Crippen LogP contribution in [-0.2, 0) is 24.3 Å². The molecule has 16 heteroatoms. The number of hydrogen-bond donors (Lipinski definition) is 3. The van der Waals surface area contributed by atoms with Crippen LogP contribution in [0.5, 0.6) is 0 Å². The zero-order valence-corrected chi connectivity index (χ0v) is 15.9. The third kappa shape index (κ3) is 4.30. The summed E-state index contributed by atoms with van der Waals surface area (Å²) in [5, 5.41) is 14.9. The highest BCUT2D eigenvalue weighted by Crippen LogP contribution is 2.30. The van der Waals surface area contributed by atoms with Crippen molar-refractivity contribution >= 4 is 22.3 Å². The van der Waals surface area contributed by atoms with Gasteiger partial charge in [0.1, 0.15) is 12.4 Å². The van der Waals surface area contributed by atoms with Gasteiger partial charge in [0.2, 0.25) is 0 Å². The van der Waals surface area contributed by atoms with Crippen LogP contribution < -0.4 is 10.8 Å². The molecule has 29 heavy (non-hydrogen) atoms. The van der Waals surface area contributed by atoms with E-state index in [0.717, 1.165) is 6.42 Å². The van der Waals surface area contributed by atoms with E-state index < -0.39 is 34.4 Å². The standard InChI is InChI=1S/C13H20N8O7S/c22-12(16-27-6-8-3-10(4-14-8)20-7-15-17-18-20)11-2-1-9-5-19(11)13(23)21(9)28-29(24,25)26/h7-11,14H,1-6H2,(H,16,22)(H,24,25,26)/t8-,9?,10+,11?/m1/s1. The molecule has 2 unspecified atom stereocenters. The lowest BCUT2D eigenvalue weighted by atomic mass is 10.0. The third-order valence-electron chi connectivity index (χ3n) is 5.20. The van der Waals surface area contributed by atoms with E-state index in [4.69, 9.17) is 9.39 Å². The first-order valence-corrected chi connectivity index (χ1v) is 10.3. The maximum Gasteiger partial charge on any atom is 0.418 e. The van der Waals surface area contributed by atoms with E-state index in [9.17, 15) is 18.0 Å². The maximum atomic E-state index is 12.4. The quantitative estimate of drug-likeness (QED) is 0.309. The summed E-state index contributed by atoms with van der Waals surface area (Å²) in [5.41, 5.74) is 2.35. The monoisotopic (exact) mass is 432 g/mol. The minimum Gasteiger partial charge on any atom is -0.309 e. The van der Waals surface area contributed by atoms with Gasteiger partial charge in [-0.15, -0.1) is 9.38 Å². The van der Waals surface area contributed by atoms with E-state index >= 15 is 0 Å². The van der Waals surface area contributed by atoms with Crippen molar-refractivity contribution in [1.82, 2.24) is 41.0 Å². The maximum absolute atomic E-state index is 12.4. The van der Waals surface area contributed by atoms with Crippen molar-refractivity contribution in [3.8, 4) is 0 Å². The van der Waals surface area contributed by atoms with Gasteiger partial charge in [0.05, 0.1) is 18.7 Å². The summed E-state index contributed by atoms with van der Waals surface area (Å²) in [6.07, 6.45) is 2.90. The number of hydrogen-bond acceptors (Lipinski definition) is 10. The van der Waals surface area contributed by atoms with E-state index in [0.29, 0.717) is 24.4 Å². The summed E-state index contributed by atoms with van der Waals surface area (Å²) >= 11 is 0.